The van der Waals surface area contributed by atoms with Gasteiger partial charge in [0.15, 0.2) is 0 Å². The van der Waals surface area contributed by atoms with Gasteiger partial charge in [-0.1, -0.05) is 12.1 Å². The third-order valence-electron chi connectivity index (χ3n) is 4.33. The van der Waals surface area contributed by atoms with E-state index in [1.54, 1.807) is 0 Å². The van der Waals surface area contributed by atoms with Crippen molar-refractivity contribution in [3.8, 4) is 11.3 Å². The highest BCUT2D eigenvalue weighted by Crippen LogP contribution is 2.28. The fourth-order valence-corrected chi connectivity index (χ4v) is 3.92. The minimum absolute atomic E-state index is 0.0365. The predicted octanol–water partition coefficient (Wildman–Crippen LogP) is 4.74. The van der Waals surface area contributed by atoms with Crippen molar-refractivity contribution in [1.82, 2.24) is 9.55 Å². The van der Waals surface area contributed by atoms with E-state index in [1.165, 1.54) is 22.7 Å². The summed E-state index contributed by atoms with van der Waals surface area (Å²) < 4.78 is 2.28. The van der Waals surface area contributed by atoms with Crippen molar-refractivity contribution in [2.24, 2.45) is 0 Å². The van der Waals surface area contributed by atoms with Gasteiger partial charge in [0, 0.05) is 34.6 Å². The SMILES string of the molecule is CCn1c(C)cc(-c2csc(CC(=O)Nc3cccc(C)c3)n2)c1C. The number of anilines is 1. The van der Waals surface area contributed by atoms with E-state index in [0.717, 1.165) is 34.1 Å². The van der Waals surface area contributed by atoms with E-state index in [4.69, 9.17) is 0 Å². The zero-order valence-corrected chi connectivity index (χ0v) is 15.9. The van der Waals surface area contributed by atoms with E-state index in [0.29, 0.717) is 6.42 Å². The van der Waals surface area contributed by atoms with Crippen molar-refractivity contribution in [2.45, 2.75) is 40.7 Å². The number of hydrogen-bond donors (Lipinski definition) is 1. The zero-order valence-electron chi connectivity index (χ0n) is 15.1. The van der Waals surface area contributed by atoms with Crippen LogP contribution in [-0.4, -0.2) is 15.5 Å². The van der Waals surface area contributed by atoms with Gasteiger partial charge < -0.3 is 9.88 Å². The van der Waals surface area contributed by atoms with Crippen molar-refractivity contribution in [1.29, 1.82) is 0 Å². The van der Waals surface area contributed by atoms with Gasteiger partial charge in [0.2, 0.25) is 5.91 Å². The number of hydrogen-bond acceptors (Lipinski definition) is 3. The van der Waals surface area contributed by atoms with Crippen molar-refractivity contribution in [3.05, 3.63) is 57.7 Å². The van der Waals surface area contributed by atoms with Crippen molar-refractivity contribution >= 4 is 22.9 Å². The van der Waals surface area contributed by atoms with Crippen LogP contribution in [0.15, 0.2) is 35.7 Å². The zero-order chi connectivity index (χ0) is 18.0. The molecule has 0 spiro atoms. The smallest absolute Gasteiger partial charge is 0.231 e. The number of aromatic nitrogens is 2. The largest absolute Gasteiger partial charge is 0.349 e. The molecule has 0 unspecified atom stereocenters. The van der Waals surface area contributed by atoms with E-state index in [9.17, 15) is 4.79 Å². The van der Waals surface area contributed by atoms with Gasteiger partial charge in [-0.25, -0.2) is 4.98 Å². The van der Waals surface area contributed by atoms with Gasteiger partial charge in [0.25, 0.3) is 0 Å². The lowest BCUT2D eigenvalue weighted by Gasteiger charge is -2.05. The summed E-state index contributed by atoms with van der Waals surface area (Å²) in [6.07, 6.45) is 0.297. The maximum absolute atomic E-state index is 12.3. The summed E-state index contributed by atoms with van der Waals surface area (Å²) in [5, 5.41) is 5.81. The molecular weight excluding hydrogens is 330 g/mol. The fourth-order valence-electron chi connectivity index (χ4n) is 3.13. The number of nitrogens with one attached hydrogen (secondary N) is 1. The van der Waals surface area contributed by atoms with Crippen LogP contribution in [0.1, 0.15) is 28.9 Å². The first-order chi connectivity index (χ1) is 12.0. The van der Waals surface area contributed by atoms with Gasteiger partial charge in [-0.15, -0.1) is 11.3 Å². The Morgan fingerprint density at radius 2 is 2.04 bits per heavy atom. The molecule has 25 heavy (non-hydrogen) atoms. The summed E-state index contributed by atoms with van der Waals surface area (Å²) in [5.41, 5.74) is 6.52. The van der Waals surface area contributed by atoms with Crippen molar-refractivity contribution in [2.75, 3.05) is 5.32 Å². The molecule has 3 rings (SSSR count). The van der Waals surface area contributed by atoms with Gasteiger partial charge in [0.05, 0.1) is 12.1 Å². The van der Waals surface area contributed by atoms with E-state index in [1.807, 2.05) is 36.6 Å². The number of carbonyl (C=O) groups excluding carboxylic acids is 1. The van der Waals surface area contributed by atoms with Crippen LogP contribution in [-0.2, 0) is 17.8 Å². The molecule has 0 aliphatic carbocycles. The van der Waals surface area contributed by atoms with Crippen LogP contribution >= 0.6 is 11.3 Å². The quantitative estimate of drug-likeness (QED) is 0.720. The number of rotatable bonds is 5. The first-order valence-electron chi connectivity index (χ1n) is 8.46. The lowest BCUT2D eigenvalue weighted by molar-refractivity contribution is -0.115. The number of aryl methyl sites for hydroxylation is 2. The Hall–Kier alpha value is -2.40. The molecule has 2 aromatic heterocycles. The van der Waals surface area contributed by atoms with Crippen LogP contribution in [0.2, 0.25) is 0 Å². The Kier molecular flexibility index (Phi) is 5.04. The number of nitrogens with zero attached hydrogens (tertiary/aromatic N) is 2. The van der Waals surface area contributed by atoms with Crippen LogP contribution in [0.25, 0.3) is 11.3 Å². The molecule has 1 amide bonds. The number of benzene rings is 1. The Labute approximate surface area is 152 Å². The summed E-state index contributed by atoms with van der Waals surface area (Å²) in [4.78, 5) is 16.9. The first kappa shape index (κ1) is 17.4. The molecule has 130 valence electrons. The standard InChI is InChI=1S/C20H23N3OS/c1-5-23-14(3)10-17(15(23)4)18-12-25-20(22-18)11-19(24)21-16-8-6-7-13(2)9-16/h6-10,12H,5,11H2,1-4H3,(H,21,24). The van der Waals surface area contributed by atoms with Crippen molar-refractivity contribution in [3.63, 3.8) is 0 Å². The van der Waals surface area contributed by atoms with E-state index in [2.05, 4.69) is 41.7 Å². The summed E-state index contributed by atoms with van der Waals surface area (Å²) in [5.74, 6) is -0.0365. The highest BCUT2D eigenvalue weighted by molar-refractivity contribution is 7.10. The molecule has 0 radical (unpaired) electrons. The highest BCUT2D eigenvalue weighted by Gasteiger charge is 2.14. The molecule has 2 heterocycles. The third-order valence-corrected chi connectivity index (χ3v) is 5.18. The molecule has 0 aliphatic heterocycles. The summed E-state index contributed by atoms with van der Waals surface area (Å²) in [6, 6.07) is 9.98. The summed E-state index contributed by atoms with van der Waals surface area (Å²) in [6.45, 7) is 9.34. The van der Waals surface area contributed by atoms with Gasteiger partial charge >= 0.3 is 0 Å². The molecule has 0 aliphatic rings. The van der Waals surface area contributed by atoms with E-state index in [-0.39, 0.29) is 5.91 Å². The monoisotopic (exact) mass is 353 g/mol. The van der Waals surface area contributed by atoms with Gasteiger partial charge in [-0.05, 0) is 51.5 Å². The molecule has 3 aromatic rings. The Bertz CT molecular complexity index is 908. The van der Waals surface area contributed by atoms with Crippen LogP contribution in [0.3, 0.4) is 0 Å². The topological polar surface area (TPSA) is 46.9 Å². The second-order valence-corrected chi connectivity index (χ2v) is 7.19. The molecule has 0 saturated carbocycles. The maximum atomic E-state index is 12.3. The Balaban J connectivity index is 1.72. The van der Waals surface area contributed by atoms with E-state index >= 15 is 0 Å². The first-order valence-corrected chi connectivity index (χ1v) is 9.34. The summed E-state index contributed by atoms with van der Waals surface area (Å²) >= 11 is 1.54. The predicted molar refractivity (Wildman–Crippen MR) is 104 cm³/mol. The van der Waals surface area contributed by atoms with Crippen molar-refractivity contribution < 1.29 is 4.79 Å². The second-order valence-electron chi connectivity index (χ2n) is 6.25. The summed E-state index contributed by atoms with van der Waals surface area (Å²) in [7, 11) is 0. The molecule has 5 heteroatoms. The highest BCUT2D eigenvalue weighted by atomic mass is 32.1. The normalized spacial score (nSPS) is 10.9. The second kappa shape index (κ2) is 7.23. The molecule has 0 bridgehead atoms. The van der Waals surface area contributed by atoms with Crippen LogP contribution in [0.4, 0.5) is 5.69 Å². The average Bonchev–Trinajstić information content (AvgIpc) is 3.11. The van der Waals surface area contributed by atoms with Crippen LogP contribution < -0.4 is 5.32 Å². The maximum Gasteiger partial charge on any atom is 0.231 e. The molecular formula is C20H23N3OS. The van der Waals surface area contributed by atoms with Gasteiger partial charge in [-0.2, -0.15) is 0 Å². The fraction of sp³-hybridized carbons (Fsp3) is 0.300. The third kappa shape index (κ3) is 3.82. The van der Waals surface area contributed by atoms with Crippen LogP contribution in [0.5, 0.6) is 0 Å². The van der Waals surface area contributed by atoms with Gasteiger partial charge in [0.1, 0.15) is 5.01 Å². The molecule has 1 aromatic carbocycles. The van der Waals surface area contributed by atoms with Crippen LogP contribution in [0, 0.1) is 20.8 Å². The number of amides is 1. The molecule has 0 fully saturated rings. The van der Waals surface area contributed by atoms with E-state index < -0.39 is 0 Å². The number of carbonyl (C=O) groups is 1. The lowest BCUT2D eigenvalue weighted by atomic mass is 10.2. The Morgan fingerprint density at radius 1 is 1.24 bits per heavy atom. The Morgan fingerprint density at radius 3 is 2.72 bits per heavy atom. The molecule has 0 atom stereocenters. The minimum Gasteiger partial charge on any atom is -0.349 e. The molecule has 4 nitrogen and oxygen atoms in total. The molecule has 0 saturated heterocycles. The minimum atomic E-state index is -0.0365. The lowest BCUT2D eigenvalue weighted by Crippen LogP contribution is -2.14. The molecule has 1 N–H and O–H groups in total. The number of thiazole rings is 1. The van der Waals surface area contributed by atoms with Gasteiger partial charge in [-0.3, -0.25) is 4.79 Å². The average molecular weight is 353 g/mol.